The van der Waals surface area contributed by atoms with Crippen LogP contribution in [-0.2, 0) is 6.42 Å². The first kappa shape index (κ1) is 16.1. The smallest absolute Gasteiger partial charge is 0.0802 e. The molecule has 0 aliphatic carbocycles. The molecule has 2 aromatic rings. The minimum Gasteiger partial charge on any atom is -0.388 e. The monoisotopic (exact) mass is 348 g/mol. The molecule has 0 spiro atoms. The quantitative estimate of drug-likeness (QED) is 0.832. The Bertz CT molecular complexity index is 547. The van der Waals surface area contributed by atoms with Crippen molar-refractivity contribution in [1.82, 2.24) is 9.88 Å². The van der Waals surface area contributed by atoms with E-state index in [9.17, 15) is 5.11 Å². The van der Waals surface area contributed by atoms with E-state index in [1.54, 1.807) is 0 Å². The standard InChI is InChI=1S/C17H21BrN2O/c1-20(11-7-14-5-9-19-10-6-14)12-8-17(21)15-3-2-4-16(18)13-15/h2-6,9-10,13,17,21H,7-8,11-12H2,1H3. The number of rotatable bonds is 7. The number of benzene rings is 1. The van der Waals surface area contributed by atoms with E-state index >= 15 is 0 Å². The summed E-state index contributed by atoms with van der Waals surface area (Å²) in [6.07, 6.45) is 4.99. The minimum atomic E-state index is -0.411. The molecule has 1 unspecified atom stereocenters. The highest BCUT2D eigenvalue weighted by Gasteiger charge is 2.09. The molecule has 1 heterocycles. The Morgan fingerprint density at radius 1 is 1.19 bits per heavy atom. The molecular weight excluding hydrogens is 328 g/mol. The van der Waals surface area contributed by atoms with Crippen LogP contribution in [0, 0.1) is 0 Å². The maximum atomic E-state index is 10.2. The van der Waals surface area contributed by atoms with E-state index < -0.39 is 6.10 Å². The average Bonchev–Trinajstić information content (AvgIpc) is 2.51. The van der Waals surface area contributed by atoms with Gasteiger partial charge in [0.15, 0.2) is 0 Å². The summed E-state index contributed by atoms with van der Waals surface area (Å²) in [5, 5.41) is 10.2. The molecule has 1 aromatic heterocycles. The lowest BCUT2D eigenvalue weighted by atomic mass is 10.1. The maximum Gasteiger partial charge on any atom is 0.0802 e. The number of nitrogens with zero attached hydrogens (tertiary/aromatic N) is 2. The average molecular weight is 349 g/mol. The molecule has 0 amide bonds. The summed E-state index contributed by atoms with van der Waals surface area (Å²) in [7, 11) is 2.09. The van der Waals surface area contributed by atoms with Crippen LogP contribution in [0.5, 0.6) is 0 Å². The molecule has 1 aromatic carbocycles. The van der Waals surface area contributed by atoms with Gasteiger partial charge in [0.2, 0.25) is 0 Å². The largest absolute Gasteiger partial charge is 0.388 e. The summed E-state index contributed by atoms with van der Waals surface area (Å²) < 4.78 is 1.00. The Kier molecular flexibility index (Phi) is 6.36. The molecule has 0 radical (unpaired) electrons. The Labute approximate surface area is 134 Å². The highest BCUT2D eigenvalue weighted by Crippen LogP contribution is 2.20. The third kappa shape index (κ3) is 5.58. The predicted molar refractivity (Wildman–Crippen MR) is 89.2 cm³/mol. The predicted octanol–water partition coefficient (Wildman–Crippen LogP) is 3.44. The van der Waals surface area contributed by atoms with Crippen LogP contribution in [0.25, 0.3) is 0 Å². The number of hydrogen-bond acceptors (Lipinski definition) is 3. The molecule has 21 heavy (non-hydrogen) atoms. The summed E-state index contributed by atoms with van der Waals surface area (Å²) in [5.74, 6) is 0. The highest BCUT2D eigenvalue weighted by molar-refractivity contribution is 9.10. The molecule has 3 nitrogen and oxygen atoms in total. The summed E-state index contributed by atoms with van der Waals surface area (Å²) in [6, 6.07) is 12.0. The number of likely N-dealkylation sites (N-methyl/N-ethyl adjacent to an activating group) is 1. The Morgan fingerprint density at radius 3 is 2.67 bits per heavy atom. The van der Waals surface area contributed by atoms with Crippen LogP contribution in [0.4, 0.5) is 0 Å². The van der Waals surface area contributed by atoms with Gasteiger partial charge in [0.05, 0.1) is 6.10 Å². The number of pyridine rings is 1. The second-order valence-corrected chi connectivity index (χ2v) is 6.18. The zero-order chi connectivity index (χ0) is 15.1. The highest BCUT2D eigenvalue weighted by atomic mass is 79.9. The van der Waals surface area contributed by atoms with E-state index in [1.165, 1.54) is 5.56 Å². The van der Waals surface area contributed by atoms with Gasteiger partial charge in [-0.2, -0.15) is 0 Å². The van der Waals surface area contributed by atoms with Crippen molar-refractivity contribution in [3.8, 4) is 0 Å². The van der Waals surface area contributed by atoms with Gasteiger partial charge in [-0.15, -0.1) is 0 Å². The third-order valence-corrected chi connectivity index (χ3v) is 4.04. The van der Waals surface area contributed by atoms with Gasteiger partial charge < -0.3 is 10.0 Å². The number of halogens is 1. The second kappa shape index (κ2) is 8.27. The van der Waals surface area contributed by atoms with Gasteiger partial charge >= 0.3 is 0 Å². The Hall–Kier alpha value is -1.23. The van der Waals surface area contributed by atoms with Crippen molar-refractivity contribution in [3.63, 3.8) is 0 Å². The van der Waals surface area contributed by atoms with Crippen molar-refractivity contribution < 1.29 is 5.11 Å². The lowest BCUT2D eigenvalue weighted by Crippen LogP contribution is -2.23. The van der Waals surface area contributed by atoms with Crippen molar-refractivity contribution in [1.29, 1.82) is 0 Å². The minimum absolute atomic E-state index is 0.411. The molecule has 0 aliphatic heterocycles. The normalized spacial score (nSPS) is 12.6. The van der Waals surface area contributed by atoms with Crippen LogP contribution in [0.1, 0.15) is 23.7 Å². The van der Waals surface area contributed by atoms with E-state index in [0.717, 1.165) is 36.0 Å². The van der Waals surface area contributed by atoms with Crippen LogP contribution >= 0.6 is 15.9 Å². The van der Waals surface area contributed by atoms with Crippen LogP contribution in [0.15, 0.2) is 53.3 Å². The molecule has 0 saturated heterocycles. The molecule has 0 fully saturated rings. The first-order valence-corrected chi connectivity index (χ1v) is 7.95. The van der Waals surface area contributed by atoms with Crippen LogP contribution in [-0.4, -0.2) is 35.1 Å². The van der Waals surface area contributed by atoms with Gasteiger partial charge in [0.1, 0.15) is 0 Å². The van der Waals surface area contributed by atoms with Gasteiger partial charge in [-0.25, -0.2) is 0 Å². The number of hydrogen-bond donors (Lipinski definition) is 1. The van der Waals surface area contributed by atoms with Gasteiger partial charge in [-0.05, 0) is 55.3 Å². The Morgan fingerprint density at radius 2 is 1.95 bits per heavy atom. The maximum absolute atomic E-state index is 10.2. The number of aliphatic hydroxyl groups is 1. The molecule has 1 N–H and O–H groups in total. The zero-order valence-electron chi connectivity index (χ0n) is 12.2. The fourth-order valence-corrected chi connectivity index (χ4v) is 2.62. The van der Waals surface area contributed by atoms with Gasteiger partial charge in [0.25, 0.3) is 0 Å². The van der Waals surface area contributed by atoms with Crippen molar-refractivity contribution in [3.05, 3.63) is 64.4 Å². The fourth-order valence-electron chi connectivity index (χ4n) is 2.20. The number of aromatic nitrogens is 1. The van der Waals surface area contributed by atoms with E-state index in [2.05, 4.69) is 32.9 Å². The van der Waals surface area contributed by atoms with Crippen molar-refractivity contribution in [2.24, 2.45) is 0 Å². The Balaban J connectivity index is 1.74. The lowest BCUT2D eigenvalue weighted by Gasteiger charge is -2.19. The first-order valence-electron chi connectivity index (χ1n) is 7.16. The lowest BCUT2D eigenvalue weighted by molar-refractivity contribution is 0.149. The summed E-state index contributed by atoms with van der Waals surface area (Å²) >= 11 is 3.43. The molecule has 0 bridgehead atoms. The molecule has 4 heteroatoms. The number of aliphatic hydroxyl groups excluding tert-OH is 1. The third-order valence-electron chi connectivity index (χ3n) is 3.55. The van der Waals surface area contributed by atoms with Crippen LogP contribution in [0.2, 0.25) is 0 Å². The van der Waals surface area contributed by atoms with Gasteiger partial charge in [-0.1, -0.05) is 28.1 Å². The van der Waals surface area contributed by atoms with Crippen molar-refractivity contribution in [2.75, 3.05) is 20.1 Å². The summed E-state index contributed by atoms with van der Waals surface area (Å²) in [6.45, 7) is 1.86. The topological polar surface area (TPSA) is 36.4 Å². The van der Waals surface area contributed by atoms with Crippen LogP contribution in [0.3, 0.4) is 0 Å². The second-order valence-electron chi connectivity index (χ2n) is 5.27. The van der Waals surface area contributed by atoms with Crippen LogP contribution < -0.4 is 0 Å². The van der Waals surface area contributed by atoms with Crippen molar-refractivity contribution in [2.45, 2.75) is 18.9 Å². The summed E-state index contributed by atoms with van der Waals surface area (Å²) in [5.41, 5.74) is 2.26. The van der Waals surface area contributed by atoms with Gasteiger partial charge in [-0.3, -0.25) is 4.98 Å². The first-order chi connectivity index (χ1) is 10.1. The van der Waals surface area contributed by atoms with Gasteiger partial charge in [0, 0.05) is 30.0 Å². The summed E-state index contributed by atoms with van der Waals surface area (Å²) in [4.78, 5) is 6.27. The molecular formula is C17H21BrN2O. The van der Waals surface area contributed by atoms with E-state index in [4.69, 9.17) is 0 Å². The fraction of sp³-hybridized carbons (Fsp3) is 0.353. The van der Waals surface area contributed by atoms with Crippen molar-refractivity contribution >= 4 is 15.9 Å². The molecule has 112 valence electrons. The molecule has 2 rings (SSSR count). The van der Waals surface area contributed by atoms with E-state index in [-0.39, 0.29) is 0 Å². The SMILES string of the molecule is CN(CCc1ccncc1)CCC(O)c1cccc(Br)c1. The molecule has 1 atom stereocenters. The molecule has 0 saturated carbocycles. The molecule has 0 aliphatic rings. The zero-order valence-corrected chi connectivity index (χ0v) is 13.8. The van der Waals surface area contributed by atoms with E-state index in [1.807, 2.05) is 48.8 Å². The van der Waals surface area contributed by atoms with E-state index in [0.29, 0.717) is 0 Å².